The summed E-state index contributed by atoms with van der Waals surface area (Å²) in [5.41, 5.74) is 1.51. The molecule has 17 heavy (non-hydrogen) atoms. The Kier molecular flexibility index (Phi) is 4.31. The Labute approximate surface area is 101 Å². The van der Waals surface area contributed by atoms with Gasteiger partial charge in [0.25, 0.3) is 5.91 Å². The third kappa shape index (κ3) is 3.09. The van der Waals surface area contributed by atoms with Gasteiger partial charge in [-0.05, 0) is 32.9 Å². The van der Waals surface area contributed by atoms with E-state index in [1.54, 1.807) is 31.5 Å². The molecule has 0 aliphatic rings. The van der Waals surface area contributed by atoms with Crippen LogP contribution in [0.5, 0.6) is 0 Å². The van der Waals surface area contributed by atoms with E-state index in [0.717, 1.165) is 5.69 Å². The van der Waals surface area contributed by atoms with Crippen molar-refractivity contribution in [3.05, 3.63) is 23.5 Å². The minimum atomic E-state index is -0.641. The van der Waals surface area contributed by atoms with Crippen molar-refractivity contribution in [2.45, 2.75) is 26.8 Å². The van der Waals surface area contributed by atoms with Gasteiger partial charge in [0.15, 0.2) is 0 Å². The quantitative estimate of drug-likeness (QED) is 0.796. The van der Waals surface area contributed by atoms with Crippen LogP contribution in [0.3, 0.4) is 0 Å². The van der Waals surface area contributed by atoms with Gasteiger partial charge in [-0.15, -0.1) is 0 Å². The molecule has 5 nitrogen and oxygen atoms in total. The molecular weight excluding hydrogens is 220 g/mol. The second-order valence-electron chi connectivity index (χ2n) is 3.87. The molecule has 1 rings (SSSR count). The van der Waals surface area contributed by atoms with E-state index in [-0.39, 0.29) is 5.91 Å². The highest BCUT2D eigenvalue weighted by Gasteiger charge is 2.19. The lowest BCUT2D eigenvalue weighted by Crippen LogP contribution is -2.40. The van der Waals surface area contributed by atoms with Crippen LogP contribution in [0.4, 0.5) is 0 Å². The maximum atomic E-state index is 11.9. The molecule has 5 heteroatoms. The van der Waals surface area contributed by atoms with Crippen LogP contribution in [-0.2, 0) is 16.6 Å². The Balaban J connectivity index is 2.67. The van der Waals surface area contributed by atoms with Gasteiger partial charge in [0.1, 0.15) is 11.7 Å². The highest BCUT2D eigenvalue weighted by molar-refractivity contribution is 5.95. The van der Waals surface area contributed by atoms with Crippen LogP contribution in [0.1, 0.15) is 30.0 Å². The van der Waals surface area contributed by atoms with Crippen molar-refractivity contribution >= 4 is 11.9 Å². The average Bonchev–Trinajstić information content (AvgIpc) is 2.60. The maximum absolute atomic E-state index is 11.9. The number of amides is 1. The van der Waals surface area contributed by atoms with Crippen molar-refractivity contribution in [1.29, 1.82) is 0 Å². The summed E-state index contributed by atoms with van der Waals surface area (Å²) in [6.45, 7) is 5.55. The maximum Gasteiger partial charge on any atom is 0.328 e. The number of carbonyl (C=O) groups excluding carboxylic acids is 2. The van der Waals surface area contributed by atoms with Crippen LogP contribution < -0.4 is 5.32 Å². The highest BCUT2D eigenvalue weighted by Crippen LogP contribution is 2.06. The third-order valence-electron chi connectivity index (χ3n) is 2.59. The molecule has 0 aliphatic heterocycles. The molecule has 1 aromatic heterocycles. The summed E-state index contributed by atoms with van der Waals surface area (Å²) in [6, 6.07) is 2.93. The Hall–Kier alpha value is -1.78. The minimum absolute atomic E-state index is 0.277. The zero-order valence-electron chi connectivity index (χ0n) is 10.6. The van der Waals surface area contributed by atoms with E-state index in [9.17, 15) is 9.59 Å². The molecule has 1 unspecified atom stereocenters. The Morgan fingerprint density at radius 3 is 2.59 bits per heavy atom. The van der Waals surface area contributed by atoms with E-state index in [0.29, 0.717) is 12.3 Å². The van der Waals surface area contributed by atoms with Crippen molar-refractivity contribution in [3.8, 4) is 0 Å². The first kappa shape index (κ1) is 13.3. The zero-order chi connectivity index (χ0) is 13.0. The second-order valence-corrected chi connectivity index (χ2v) is 3.87. The number of hydrogen-bond acceptors (Lipinski definition) is 3. The Bertz CT molecular complexity index is 423. The third-order valence-corrected chi connectivity index (χ3v) is 2.59. The van der Waals surface area contributed by atoms with E-state index >= 15 is 0 Å². The van der Waals surface area contributed by atoms with Gasteiger partial charge < -0.3 is 14.6 Å². The number of aromatic nitrogens is 1. The van der Waals surface area contributed by atoms with Crippen molar-refractivity contribution in [2.24, 2.45) is 7.05 Å². The van der Waals surface area contributed by atoms with Crippen LogP contribution in [0.15, 0.2) is 12.1 Å². The molecule has 94 valence electrons. The molecular formula is C12H18N2O3. The molecule has 0 bridgehead atoms. The fraction of sp³-hybridized carbons (Fsp3) is 0.500. The van der Waals surface area contributed by atoms with E-state index in [1.165, 1.54) is 0 Å². The lowest BCUT2D eigenvalue weighted by atomic mass is 10.3. The predicted molar refractivity (Wildman–Crippen MR) is 63.7 cm³/mol. The smallest absolute Gasteiger partial charge is 0.328 e. The molecule has 0 aliphatic carbocycles. The average molecular weight is 238 g/mol. The molecule has 1 N–H and O–H groups in total. The normalized spacial score (nSPS) is 12.0. The number of aryl methyl sites for hydroxylation is 1. The molecule has 0 saturated carbocycles. The molecule has 1 atom stereocenters. The van der Waals surface area contributed by atoms with Crippen molar-refractivity contribution in [2.75, 3.05) is 6.61 Å². The number of esters is 1. The van der Waals surface area contributed by atoms with Gasteiger partial charge in [-0.3, -0.25) is 4.79 Å². The molecule has 1 heterocycles. The summed E-state index contributed by atoms with van der Waals surface area (Å²) in [7, 11) is 1.80. The van der Waals surface area contributed by atoms with Crippen LogP contribution in [0.2, 0.25) is 0 Å². The predicted octanol–water partition coefficient (Wildman–Crippen LogP) is 1.01. The highest BCUT2D eigenvalue weighted by atomic mass is 16.5. The van der Waals surface area contributed by atoms with Crippen LogP contribution in [-0.4, -0.2) is 29.1 Å². The first-order valence-electron chi connectivity index (χ1n) is 5.57. The molecule has 1 amide bonds. The zero-order valence-corrected chi connectivity index (χ0v) is 10.6. The monoisotopic (exact) mass is 238 g/mol. The van der Waals surface area contributed by atoms with E-state index in [1.807, 2.05) is 13.0 Å². The van der Waals surface area contributed by atoms with Gasteiger partial charge in [-0.2, -0.15) is 0 Å². The lowest BCUT2D eigenvalue weighted by Gasteiger charge is -2.13. The van der Waals surface area contributed by atoms with Crippen LogP contribution >= 0.6 is 0 Å². The second kappa shape index (κ2) is 5.52. The summed E-state index contributed by atoms with van der Waals surface area (Å²) in [5, 5.41) is 2.60. The SMILES string of the molecule is CCOC(=O)C(C)NC(=O)c1ccc(C)n1C. The van der Waals surface area contributed by atoms with Gasteiger partial charge >= 0.3 is 5.97 Å². The number of ether oxygens (including phenoxy) is 1. The summed E-state index contributed by atoms with van der Waals surface area (Å²) < 4.78 is 6.59. The van der Waals surface area contributed by atoms with Gasteiger partial charge in [-0.25, -0.2) is 4.79 Å². The van der Waals surface area contributed by atoms with Crippen molar-refractivity contribution in [3.63, 3.8) is 0 Å². The van der Waals surface area contributed by atoms with Crippen LogP contribution in [0, 0.1) is 6.92 Å². The van der Waals surface area contributed by atoms with E-state index < -0.39 is 12.0 Å². The molecule has 0 aromatic carbocycles. The van der Waals surface area contributed by atoms with E-state index in [2.05, 4.69) is 5.32 Å². The van der Waals surface area contributed by atoms with Crippen molar-refractivity contribution in [1.82, 2.24) is 9.88 Å². The fourth-order valence-corrected chi connectivity index (χ4v) is 1.44. The number of nitrogens with zero attached hydrogens (tertiary/aromatic N) is 1. The summed E-state index contributed by atoms with van der Waals surface area (Å²) in [4.78, 5) is 23.2. The van der Waals surface area contributed by atoms with Gasteiger partial charge in [0.05, 0.1) is 6.61 Å². The Morgan fingerprint density at radius 2 is 2.12 bits per heavy atom. The molecule has 0 saturated heterocycles. The summed E-state index contributed by atoms with van der Waals surface area (Å²) >= 11 is 0. The van der Waals surface area contributed by atoms with Crippen molar-refractivity contribution < 1.29 is 14.3 Å². The van der Waals surface area contributed by atoms with Crippen LogP contribution in [0.25, 0.3) is 0 Å². The Morgan fingerprint density at radius 1 is 1.47 bits per heavy atom. The first-order valence-corrected chi connectivity index (χ1v) is 5.57. The number of hydrogen-bond donors (Lipinski definition) is 1. The minimum Gasteiger partial charge on any atom is -0.464 e. The van der Waals surface area contributed by atoms with Gasteiger partial charge in [0, 0.05) is 12.7 Å². The number of nitrogens with one attached hydrogen (secondary N) is 1. The van der Waals surface area contributed by atoms with Gasteiger partial charge in [-0.1, -0.05) is 0 Å². The largest absolute Gasteiger partial charge is 0.464 e. The molecule has 0 fully saturated rings. The summed E-state index contributed by atoms with van der Waals surface area (Å²) in [5.74, 6) is -0.701. The van der Waals surface area contributed by atoms with Gasteiger partial charge in [0.2, 0.25) is 0 Å². The number of rotatable bonds is 4. The molecule has 1 aromatic rings. The molecule has 0 radical (unpaired) electrons. The first-order chi connectivity index (χ1) is 7.97. The lowest BCUT2D eigenvalue weighted by molar-refractivity contribution is -0.144. The van der Waals surface area contributed by atoms with E-state index in [4.69, 9.17) is 4.74 Å². The summed E-state index contributed by atoms with van der Waals surface area (Å²) in [6.07, 6.45) is 0. The molecule has 0 spiro atoms. The standard InChI is InChI=1S/C12H18N2O3/c1-5-17-12(16)9(3)13-11(15)10-7-6-8(2)14(10)4/h6-7,9H,5H2,1-4H3,(H,13,15). The number of carbonyl (C=O) groups is 2. The topological polar surface area (TPSA) is 60.3 Å². The fourth-order valence-electron chi connectivity index (χ4n) is 1.44.